The molecule has 0 radical (unpaired) electrons. The van der Waals surface area contributed by atoms with Gasteiger partial charge < -0.3 is 15.1 Å². The molecule has 0 unspecified atom stereocenters. The Hall–Kier alpha value is -2.04. The molecular formula is C15H21N3O2. The van der Waals surface area contributed by atoms with E-state index in [4.69, 9.17) is 0 Å². The van der Waals surface area contributed by atoms with Crippen molar-refractivity contribution in [3.05, 3.63) is 29.8 Å². The third-order valence-electron chi connectivity index (χ3n) is 3.49. The number of anilines is 1. The smallest absolute Gasteiger partial charge is 0.242 e. The van der Waals surface area contributed by atoms with Crippen LogP contribution < -0.4 is 10.2 Å². The van der Waals surface area contributed by atoms with E-state index in [0.29, 0.717) is 13.1 Å². The molecule has 1 saturated heterocycles. The number of hydrogen-bond donors (Lipinski definition) is 1. The molecule has 1 aliphatic rings. The summed E-state index contributed by atoms with van der Waals surface area (Å²) in [5.41, 5.74) is 2.45. The van der Waals surface area contributed by atoms with Crippen molar-refractivity contribution in [2.45, 2.75) is 13.8 Å². The Bertz CT molecular complexity index is 494. The lowest BCUT2D eigenvalue weighted by atomic mass is 10.2. The van der Waals surface area contributed by atoms with E-state index in [-0.39, 0.29) is 18.4 Å². The Morgan fingerprint density at radius 2 is 1.90 bits per heavy atom. The fraction of sp³-hybridized carbons (Fsp3) is 0.467. The van der Waals surface area contributed by atoms with Gasteiger partial charge in [0.1, 0.15) is 0 Å². The molecular weight excluding hydrogens is 254 g/mol. The first-order chi connectivity index (χ1) is 9.56. The lowest BCUT2D eigenvalue weighted by molar-refractivity contribution is -0.132. The number of benzene rings is 1. The molecule has 0 aromatic heterocycles. The van der Waals surface area contributed by atoms with Gasteiger partial charge in [-0.1, -0.05) is 12.1 Å². The highest BCUT2D eigenvalue weighted by molar-refractivity contribution is 5.83. The summed E-state index contributed by atoms with van der Waals surface area (Å²) in [4.78, 5) is 26.8. The van der Waals surface area contributed by atoms with Crippen molar-refractivity contribution >= 4 is 17.5 Å². The van der Waals surface area contributed by atoms with Gasteiger partial charge in [-0.05, 0) is 24.6 Å². The first-order valence-electron chi connectivity index (χ1n) is 6.90. The largest absolute Gasteiger partial charge is 0.368 e. The number of rotatable bonds is 3. The average Bonchev–Trinajstić information content (AvgIpc) is 2.45. The lowest BCUT2D eigenvalue weighted by Crippen LogP contribution is -2.51. The summed E-state index contributed by atoms with van der Waals surface area (Å²) in [6.07, 6.45) is 0. The van der Waals surface area contributed by atoms with E-state index in [9.17, 15) is 9.59 Å². The molecule has 5 nitrogen and oxygen atoms in total. The van der Waals surface area contributed by atoms with Crippen molar-refractivity contribution in [3.8, 4) is 0 Å². The highest BCUT2D eigenvalue weighted by atomic mass is 16.2. The Balaban J connectivity index is 1.86. The first kappa shape index (κ1) is 14.4. The van der Waals surface area contributed by atoms with Crippen LogP contribution in [0.2, 0.25) is 0 Å². The Labute approximate surface area is 119 Å². The van der Waals surface area contributed by atoms with Gasteiger partial charge >= 0.3 is 0 Å². The minimum Gasteiger partial charge on any atom is -0.368 e. The quantitative estimate of drug-likeness (QED) is 0.887. The zero-order valence-electron chi connectivity index (χ0n) is 12.1. The van der Waals surface area contributed by atoms with Crippen molar-refractivity contribution in [2.24, 2.45) is 0 Å². The van der Waals surface area contributed by atoms with Gasteiger partial charge in [0.2, 0.25) is 11.8 Å². The van der Waals surface area contributed by atoms with Gasteiger partial charge in [0.15, 0.2) is 0 Å². The molecule has 1 fully saturated rings. The monoisotopic (exact) mass is 275 g/mol. The van der Waals surface area contributed by atoms with Gasteiger partial charge in [-0.15, -0.1) is 0 Å². The number of piperazine rings is 1. The summed E-state index contributed by atoms with van der Waals surface area (Å²) in [6, 6.07) is 8.40. The van der Waals surface area contributed by atoms with Crippen LogP contribution in [0, 0.1) is 6.92 Å². The van der Waals surface area contributed by atoms with E-state index >= 15 is 0 Å². The summed E-state index contributed by atoms with van der Waals surface area (Å²) in [5.74, 6) is -0.180. The Morgan fingerprint density at radius 3 is 2.50 bits per heavy atom. The van der Waals surface area contributed by atoms with Crippen LogP contribution in [0.5, 0.6) is 0 Å². The normalized spacial score (nSPS) is 15.1. The van der Waals surface area contributed by atoms with Gasteiger partial charge in [-0.3, -0.25) is 9.59 Å². The molecule has 1 heterocycles. The second-order valence-electron chi connectivity index (χ2n) is 5.12. The standard InChI is InChI=1S/C15H21N3O2/c1-12-4-3-5-14(10-12)17-6-8-18(9-7-17)15(20)11-16-13(2)19/h3-5,10H,6-9,11H2,1-2H3,(H,16,19). The topological polar surface area (TPSA) is 52.7 Å². The van der Waals surface area contributed by atoms with Gasteiger partial charge in [-0.2, -0.15) is 0 Å². The molecule has 108 valence electrons. The molecule has 1 N–H and O–H groups in total. The van der Waals surface area contributed by atoms with E-state index < -0.39 is 0 Å². The van der Waals surface area contributed by atoms with E-state index in [1.165, 1.54) is 18.2 Å². The molecule has 5 heteroatoms. The van der Waals surface area contributed by atoms with Crippen LogP contribution in [0.1, 0.15) is 12.5 Å². The second kappa shape index (κ2) is 6.41. The Kier molecular flexibility index (Phi) is 4.61. The average molecular weight is 275 g/mol. The molecule has 2 rings (SSSR count). The van der Waals surface area contributed by atoms with Crippen LogP contribution in [0.3, 0.4) is 0 Å². The van der Waals surface area contributed by atoms with E-state index in [1.54, 1.807) is 0 Å². The number of nitrogens with zero attached hydrogens (tertiary/aromatic N) is 2. The number of hydrogen-bond acceptors (Lipinski definition) is 3. The van der Waals surface area contributed by atoms with Crippen molar-refractivity contribution in [1.29, 1.82) is 0 Å². The Morgan fingerprint density at radius 1 is 1.20 bits per heavy atom. The van der Waals surface area contributed by atoms with Crippen molar-refractivity contribution in [2.75, 3.05) is 37.6 Å². The zero-order valence-corrected chi connectivity index (χ0v) is 12.1. The van der Waals surface area contributed by atoms with Crippen LogP contribution >= 0.6 is 0 Å². The van der Waals surface area contributed by atoms with Crippen molar-refractivity contribution in [3.63, 3.8) is 0 Å². The summed E-state index contributed by atoms with van der Waals surface area (Å²) >= 11 is 0. The molecule has 1 aromatic carbocycles. The van der Waals surface area contributed by atoms with E-state index in [0.717, 1.165) is 13.1 Å². The van der Waals surface area contributed by atoms with Crippen molar-refractivity contribution in [1.82, 2.24) is 10.2 Å². The molecule has 0 aliphatic carbocycles. The SMILES string of the molecule is CC(=O)NCC(=O)N1CCN(c2cccc(C)c2)CC1. The lowest BCUT2D eigenvalue weighted by Gasteiger charge is -2.36. The van der Waals surface area contributed by atoms with Gasteiger partial charge in [0, 0.05) is 38.8 Å². The molecule has 1 aromatic rings. The summed E-state index contributed by atoms with van der Waals surface area (Å²) in [6.45, 7) is 6.66. The van der Waals surface area contributed by atoms with E-state index in [2.05, 4.69) is 41.4 Å². The van der Waals surface area contributed by atoms with Crippen LogP contribution in [-0.2, 0) is 9.59 Å². The number of amides is 2. The van der Waals surface area contributed by atoms with Gasteiger partial charge in [0.05, 0.1) is 6.54 Å². The fourth-order valence-corrected chi connectivity index (χ4v) is 2.35. The summed E-state index contributed by atoms with van der Waals surface area (Å²) in [7, 11) is 0. The van der Waals surface area contributed by atoms with Crippen LogP contribution in [-0.4, -0.2) is 49.4 Å². The molecule has 0 saturated carbocycles. The van der Waals surface area contributed by atoms with Crippen molar-refractivity contribution < 1.29 is 9.59 Å². The highest BCUT2D eigenvalue weighted by Crippen LogP contribution is 2.17. The number of carbonyl (C=O) groups is 2. The molecule has 2 amide bonds. The van der Waals surface area contributed by atoms with Gasteiger partial charge in [0.25, 0.3) is 0 Å². The molecule has 0 spiro atoms. The number of nitrogens with one attached hydrogen (secondary N) is 1. The summed E-state index contributed by atoms with van der Waals surface area (Å²) in [5, 5.41) is 2.55. The number of aryl methyl sites for hydroxylation is 1. The predicted octanol–water partition coefficient (Wildman–Crippen LogP) is 0.780. The molecule has 0 bridgehead atoms. The van der Waals surface area contributed by atoms with Crippen LogP contribution in [0.4, 0.5) is 5.69 Å². The maximum absolute atomic E-state index is 11.9. The highest BCUT2D eigenvalue weighted by Gasteiger charge is 2.21. The molecule has 0 atom stereocenters. The summed E-state index contributed by atoms with van der Waals surface area (Å²) < 4.78 is 0. The third kappa shape index (κ3) is 3.73. The maximum atomic E-state index is 11.9. The van der Waals surface area contributed by atoms with Crippen LogP contribution in [0.15, 0.2) is 24.3 Å². The van der Waals surface area contributed by atoms with Crippen LogP contribution in [0.25, 0.3) is 0 Å². The van der Waals surface area contributed by atoms with E-state index in [1.807, 2.05) is 4.90 Å². The molecule has 1 aliphatic heterocycles. The number of carbonyl (C=O) groups excluding carboxylic acids is 2. The minimum atomic E-state index is -0.170. The fourth-order valence-electron chi connectivity index (χ4n) is 2.35. The minimum absolute atomic E-state index is 0.0101. The predicted molar refractivity (Wildman–Crippen MR) is 78.7 cm³/mol. The zero-order chi connectivity index (χ0) is 14.5. The van der Waals surface area contributed by atoms with Gasteiger partial charge in [-0.25, -0.2) is 0 Å². The second-order valence-corrected chi connectivity index (χ2v) is 5.12. The molecule has 20 heavy (non-hydrogen) atoms. The first-order valence-corrected chi connectivity index (χ1v) is 6.90. The third-order valence-corrected chi connectivity index (χ3v) is 3.49. The maximum Gasteiger partial charge on any atom is 0.242 e.